The van der Waals surface area contributed by atoms with Crippen LogP contribution in [-0.4, -0.2) is 52.2 Å². The molecule has 1 aromatic rings. The number of aliphatic carboxylic acids is 1. The normalized spacial score (nSPS) is 16.1. The van der Waals surface area contributed by atoms with E-state index < -0.39 is 12.0 Å². The molecule has 1 fully saturated rings. The zero-order valence-electron chi connectivity index (χ0n) is 17.2. The molecule has 1 unspecified atom stereocenters. The molecule has 164 valence electrons. The topological polar surface area (TPSA) is 86.7 Å². The van der Waals surface area contributed by atoms with Crippen molar-refractivity contribution >= 4 is 58.8 Å². The molecule has 9 heteroatoms. The third kappa shape index (κ3) is 6.65. The van der Waals surface area contributed by atoms with Crippen LogP contribution >= 0.6 is 35.0 Å². The number of nitrogens with zero attached hydrogens (tertiary/aromatic N) is 1. The molecule has 0 aromatic heterocycles. The summed E-state index contributed by atoms with van der Waals surface area (Å²) in [5.74, 6) is -1.82. The van der Waals surface area contributed by atoms with Crippen LogP contribution in [-0.2, 0) is 14.4 Å². The van der Waals surface area contributed by atoms with E-state index in [4.69, 9.17) is 28.3 Å². The number of amides is 2. The maximum Gasteiger partial charge on any atom is 0.325 e. The van der Waals surface area contributed by atoms with E-state index in [0.717, 1.165) is 4.90 Å². The van der Waals surface area contributed by atoms with E-state index >= 15 is 0 Å². The number of nitrogens with one attached hydrogen (secondary N) is 1. The smallest absolute Gasteiger partial charge is 0.325 e. The number of carbonyl (C=O) groups is 3. The first-order chi connectivity index (χ1) is 14.1. The van der Waals surface area contributed by atoms with E-state index in [0.29, 0.717) is 46.8 Å². The van der Waals surface area contributed by atoms with Crippen LogP contribution in [0.25, 0.3) is 6.08 Å². The van der Waals surface area contributed by atoms with Gasteiger partial charge in [0.05, 0.1) is 10.0 Å². The largest absolute Gasteiger partial charge is 0.480 e. The molecule has 30 heavy (non-hydrogen) atoms. The Bertz CT molecular complexity index is 837. The second kappa shape index (κ2) is 11.1. The fraction of sp³-hybridized carbons (Fsp3) is 0.476. The van der Waals surface area contributed by atoms with Gasteiger partial charge >= 0.3 is 5.97 Å². The Morgan fingerprint density at radius 1 is 1.17 bits per heavy atom. The number of carboxylic acids is 1. The maximum atomic E-state index is 12.5. The van der Waals surface area contributed by atoms with Crippen molar-refractivity contribution in [1.29, 1.82) is 0 Å². The number of hydrogen-bond donors (Lipinski definition) is 2. The van der Waals surface area contributed by atoms with Gasteiger partial charge in [-0.3, -0.25) is 14.4 Å². The highest BCUT2D eigenvalue weighted by molar-refractivity contribution is 8.00. The van der Waals surface area contributed by atoms with E-state index in [9.17, 15) is 14.4 Å². The van der Waals surface area contributed by atoms with Crippen LogP contribution in [0.4, 0.5) is 0 Å². The number of halogens is 2. The second-order valence-electron chi connectivity index (χ2n) is 7.45. The van der Waals surface area contributed by atoms with Crippen LogP contribution in [0.3, 0.4) is 0 Å². The van der Waals surface area contributed by atoms with Crippen molar-refractivity contribution in [3.05, 3.63) is 33.8 Å². The minimum atomic E-state index is -1.07. The third-order valence-corrected chi connectivity index (χ3v) is 6.83. The monoisotopic (exact) mass is 472 g/mol. The Morgan fingerprint density at radius 2 is 1.80 bits per heavy atom. The molecule has 2 rings (SSSR count). The van der Waals surface area contributed by atoms with E-state index in [1.165, 1.54) is 13.0 Å². The van der Waals surface area contributed by atoms with Crippen LogP contribution in [0.1, 0.15) is 39.2 Å². The van der Waals surface area contributed by atoms with E-state index in [2.05, 4.69) is 19.2 Å². The minimum Gasteiger partial charge on any atom is -0.480 e. The molecule has 1 aliphatic rings. The fourth-order valence-corrected chi connectivity index (χ4v) is 4.49. The van der Waals surface area contributed by atoms with Gasteiger partial charge in [0.25, 0.3) is 0 Å². The SMILES string of the molecule is CC(C)Sc1ccc(/C=C/C(=O)N2CCC(C(=O)NC(C)C(=O)O)CC2)c(Cl)c1Cl. The van der Waals surface area contributed by atoms with Gasteiger partial charge in [-0.25, -0.2) is 0 Å². The molecule has 1 heterocycles. The molecule has 1 aliphatic heterocycles. The minimum absolute atomic E-state index is 0.166. The van der Waals surface area contributed by atoms with Crippen LogP contribution in [0.2, 0.25) is 10.0 Å². The molecule has 1 saturated heterocycles. The lowest BCUT2D eigenvalue weighted by Crippen LogP contribution is -2.46. The van der Waals surface area contributed by atoms with E-state index in [-0.39, 0.29) is 17.7 Å². The third-order valence-electron chi connectivity index (χ3n) is 4.75. The summed E-state index contributed by atoms with van der Waals surface area (Å²) in [6, 6.07) is 2.80. The average molecular weight is 473 g/mol. The Hall–Kier alpha value is -1.70. The molecule has 0 radical (unpaired) electrons. The summed E-state index contributed by atoms with van der Waals surface area (Å²) in [4.78, 5) is 38.1. The van der Waals surface area contributed by atoms with Gasteiger partial charge in [0.2, 0.25) is 11.8 Å². The van der Waals surface area contributed by atoms with Crippen molar-refractivity contribution in [3.8, 4) is 0 Å². The Labute approximate surface area is 191 Å². The molecular weight excluding hydrogens is 447 g/mol. The van der Waals surface area contributed by atoms with Crippen molar-refractivity contribution in [2.75, 3.05) is 13.1 Å². The summed E-state index contributed by atoms with van der Waals surface area (Å²) in [5, 5.41) is 12.6. The van der Waals surface area contributed by atoms with Gasteiger partial charge in [-0.05, 0) is 37.5 Å². The molecule has 0 spiro atoms. The van der Waals surface area contributed by atoms with Crippen molar-refractivity contribution < 1.29 is 19.5 Å². The maximum absolute atomic E-state index is 12.5. The molecular formula is C21H26Cl2N2O4S. The van der Waals surface area contributed by atoms with Gasteiger partial charge in [-0.1, -0.05) is 43.1 Å². The molecule has 6 nitrogen and oxygen atoms in total. The second-order valence-corrected chi connectivity index (χ2v) is 9.82. The lowest BCUT2D eigenvalue weighted by molar-refractivity contribution is -0.142. The first-order valence-electron chi connectivity index (χ1n) is 9.75. The molecule has 0 bridgehead atoms. The summed E-state index contributed by atoms with van der Waals surface area (Å²) >= 11 is 14.3. The number of hydrogen-bond acceptors (Lipinski definition) is 4. The van der Waals surface area contributed by atoms with Crippen LogP contribution in [0, 0.1) is 5.92 Å². The highest BCUT2D eigenvalue weighted by Gasteiger charge is 2.28. The molecule has 0 saturated carbocycles. The van der Waals surface area contributed by atoms with Crippen LogP contribution in [0.5, 0.6) is 0 Å². The predicted octanol–water partition coefficient (Wildman–Crippen LogP) is 4.34. The molecule has 2 amide bonds. The zero-order valence-corrected chi connectivity index (χ0v) is 19.5. The quantitative estimate of drug-likeness (QED) is 0.455. The highest BCUT2D eigenvalue weighted by Crippen LogP contribution is 2.37. The summed E-state index contributed by atoms with van der Waals surface area (Å²) < 4.78 is 0. The molecule has 1 aromatic carbocycles. The lowest BCUT2D eigenvalue weighted by Gasteiger charge is -2.31. The number of likely N-dealkylation sites (tertiary alicyclic amines) is 1. The van der Waals surface area contributed by atoms with E-state index in [1.54, 1.807) is 22.7 Å². The van der Waals surface area contributed by atoms with Crippen molar-refractivity contribution in [2.24, 2.45) is 5.92 Å². The number of carboxylic acid groups (broad SMARTS) is 1. The van der Waals surface area contributed by atoms with E-state index in [1.807, 2.05) is 12.1 Å². The molecule has 2 N–H and O–H groups in total. The average Bonchev–Trinajstić information content (AvgIpc) is 2.70. The molecule has 0 aliphatic carbocycles. The number of piperidine rings is 1. The first kappa shape index (κ1) is 24.6. The predicted molar refractivity (Wildman–Crippen MR) is 121 cm³/mol. The van der Waals surface area contributed by atoms with Gasteiger partial charge in [0, 0.05) is 35.2 Å². The van der Waals surface area contributed by atoms with Crippen LogP contribution in [0.15, 0.2) is 23.1 Å². The van der Waals surface area contributed by atoms with Crippen LogP contribution < -0.4 is 5.32 Å². The number of benzene rings is 1. The van der Waals surface area contributed by atoms with Crippen molar-refractivity contribution in [2.45, 2.75) is 49.8 Å². The lowest BCUT2D eigenvalue weighted by atomic mass is 9.95. The zero-order chi connectivity index (χ0) is 22.4. The van der Waals surface area contributed by atoms with Gasteiger partial charge in [0.1, 0.15) is 6.04 Å². The Kier molecular flexibility index (Phi) is 9.07. The summed E-state index contributed by atoms with van der Waals surface area (Å²) in [7, 11) is 0. The van der Waals surface area contributed by atoms with Gasteiger partial charge < -0.3 is 15.3 Å². The summed E-state index contributed by atoms with van der Waals surface area (Å²) in [5.41, 5.74) is 0.667. The van der Waals surface area contributed by atoms with Gasteiger partial charge in [0.15, 0.2) is 0 Å². The van der Waals surface area contributed by atoms with Gasteiger partial charge in [-0.2, -0.15) is 0 Å². The van der Waals surface area contributed by atoms with Crippen molar-refractivity contribution in [1.82, 2.24) is 10.2 Å². The van der Waals surface area contributed by atoms with Crippen molar-refractivity contribution in [3.63, 3.8) is 0 Å². The molecule has 1 atom stereocenters. The number of rotatable bonds is 7. The highest BCUT2D eigenvalue weighted by atomic mass is 35.5. The van der Waals surface area contributed by atoms with Gasteiger partial charge in [-0.15, -0.1) is 11.8 Å². The standard InChI is InChI=1S/C21H26Cl2N2O4S/c1-12(2)30-16-6-4-14(18(22)19(16)23)5-7-17(26)25-10-8-15(9-11-25)20(27)24-13(3)21(28)29/h4-7,12-13,15H,8-11H2,1-3H3,(H,24,27)(H,28,29)/b7-5+. The first-order valence-corrected chi connectivity index (χ1v) is 11.4. The Balaban J connectivity index is 1.93. The summed E-state index contributed by atoms with van der Waals surface area (Å²) in [6.07, 6.45) is 4.09. The number of carbonyl (C=O) groups excluding carboxylic acids is 2. The Morgan fingerprint density at radius 3 is 2.37 bits per heavy atom. The number of thioether (sulfide) groups is 1. The summed E-state index contributed by atoms with van der Waals surface area (Å²) in [6.45, 7) is 6.43. The fourth-order valence-electron chi connectivity index (χ4n) is 3.04.